The number of aldehydes is 1. The summed E-state index contributed by atoms with van der Waals surface area (Å²) < 4.78 is 10.3. The minimum atomic E-state index is -0.459. The van der Waals surface area contributed by atoms with Crippen LogP contribution in [0.2, 0.25) is 0 Å². The van der Waals surface area contributed by atoms with E-state index in [1.54, 1.807) is 36.4 Å². The van der Waals surface area contributed by atoms with Gasteiger partial charge in [0.05, 0.1) is 24.9 Å². The van der Waals surface area contributed by atoms with Crippen molar-refractivity contribution in [3.05, 3.63) is 54.0 Å². The first-order valence-electron chi connectivity index (χ1n) is 6.92. The molecule has 7 nitrogen and oxygen atoms in total. The third-order valence-electron chi connectivity index (χ3n) is 2.89. The lowest BCUT2D eigenvalue weighted by Gasteiger charge is -2.09. The van der Waals surface area contributed by atoms with Crippen LogP contribution in [0.15, 0.2) is 47.1 Å². The number of hydrogen-bond acceptors (Lipinski definition) is 5. The standard InChI is InChI=1S/C16H16N2O5/c19-10-12-4-1-2-6-14(12)23-11-16(21)18-9-15(20)17-8-13-5-3-7-22-13/h1-7,10H,8-9,11H2,(H,17,20)(H,18,21). The molecule has 0 atom stereocenters. The Morgan fingerprint density at radius 1 is 1.09 bits per heavy atom. The van der Waals surface area contributed by atoms with Crippen molar-refractivity contribution < 1.29 is 23.5 Å². The van der Waals surface area contributed by atoms with E-state index < -0.39 is 5.91 Å². The van der Waals surface area contributed by atoms with E-state index >= 15 is 0 Å². The van der Waals surface area contributed by atoms with Crippen LogP contribution in [0.4, 0.5) is 0 Å². The Balaban J connectivity index is 1.68. The van der Waals surface area contributed by atoms with Crippen LogP contribution in [0, 0.1) is 0 Å². The van der Waals surface area contributed by atoms with Crippen LogP contribution in [0.3, 0.4) is 0 Å². The largest absolute Gasteiger partial charge is 0.483 e. The Hall–Kier alpha value is -3.09. The van der Waals surface area contributed by atoms with Gasteiger partial charge < -0.3 is 19.8 Å². The van der Waals surface area contributed by atoms with Crippen molar-refractivity contribution in [3.63, 3.8) is 0 Å². The number of ether oxygens (including phenoxy) is 1. The van der Waals surface area contributed by atoms with E-state index in [1.165, 1.54) is 6.26 Å². The molecular weight excluding hydrogens is 300 g/mol. The molecule has 0 aliphatic rings. The van der Waals surface area contributed by atoms with Gasteiger partial charge in [-0.1, -0.05) is 12.1 Å². The van der Waals surface area contributed by atoms with Crippen molar-refractivity contribution >= 4 is 18.1 Å². The highest BCUT2D eigenvalue weighted by Crippen LogP contribution is 2.15. The monoisotopic (exact) mass is 316 g/mol. The highest BCUT2D eigenvalue weighted by Gasteiger charge is 2.08. The quantitative estimate of drug-likeness (QED) is 0.705. The molecule has 0 fully saturated rings. The van der Waals surface area contributed by atoms with Gasteiger partial charge in [0.25, 0.3) is 5.91 Å². The smallest absolute Gasteiger partial charge is 0.258 e. The second-order valence-electron chi connectivity index (χ2n) is 4.58. The summed E-state index contributed by atoms with van der Waals surface area (Å²) in [6.07, 6.45) is 2.16. The molecule has 1 aromatic carbocycles. The molecule has 1 aromatic heterocycles. The molecule has 23 heavy (non-hydrogen) atoms. The molecule has 0 spiro atoms. The minimum absolute atomic E-state index is 0.168. The van der Waals surface area contributed by atoms with Crippen LogP contribution in [0.25, 0.3) is 0 Å². The number of benzene rings is 1. The zero-order valence-corrected chi connectivity index (χ0v) is 12.3. The van der Waals surface area contributed by atoms with Gasteiger partial charge in [0, 0.05) is 0 Å². The number of carbonyl (C=O) groups is 3. The van der Waals surface area contributed by atoms with Gasteiger partial charge in [-0.25, -0.2) is 0 Å². The van der Waals surface area contributed by atoms with Gasteiger partial charge in [0.2, 0.25) is 5.91 Å². The van der Waals surface area contributed by atoms with Crippen molar-refractivity contribution in [1.82, 2.24) is 10.6 Å². The van der Waals surface area contributed by atoms with E-state index in [1.807, 2.05) is 0 Å². The first-order valence-corrected chi connectivity index (χ1v) is 6.92. The maximum atomic E-state index is 11.6. The fourth-order valence-corrected chi connectivity index (χ4v) is 1.74. The second kappa shape index (κ2) is 8.38. The van der Waals surface area contributed by atoms with Crippen molar-refractivity contribution in [2.75, 3.05) is 13.2 Å². The summed E-state index contributed by atoms with van der Waals surface area (Å²) in [5.41, 5.74) is 0.358. The lowest BCUT2D eigenvalue weighted by atomic mass is 10.2. The van der Waals surface area contributed by atoms with Crippen LogP contribution >= 0.6 is 0 Å². The summed E-state index contributed by atoms with van der Waals surface area (Å²) in [6, 6.07) is 10.0. The zero-order valence-electron chi connectivity index (χ0n) is 12.3. The van der Waals surface area contributed by atoms with Crippen molar-refractivity contribution in [2.24, 2.45) is 0 Å². The topological polar surface area (TPSA) is 97.6 Å². The van der Waals surface area contributed by atoms with E-state index in [2.05, 4.69) is 10.6 Å². The molecule has 0 aliphatic heterocycles. The van der Waals surface area contributed by atoms with Crippen LogP contribution in [-0.2, 0) is 16.1 Å². The molecule has 1 heterocycles. The molecule has 0 radical (unpaired) electrons. The highest BCUT2D eigenvalue weighted by atomic mass is 16.5. The second-order valence-corrected chi connectivity index (χ2v) is 4.58. The lowest BCUT2D eigenvalue weighted by molar-refractivity contribution is -0.127. The third kappa shape index (κ3) is 5.31. The van der Waals surface area contributed by atoms with E-state index in [-0.39, 0.29) is 25.6 Å². The Bertz CT molecular complexity index is 667. The van der Waals surface area contributed by atoms with Gasteiger partial charge in [0.15, 0.2) is 12.9 Å². The number of rotatable bonds is 8. The van der Waals surface area contributed by atoms with Gasteiger partial charge in [-0.15, -0.1) is 0 Å². The highest BCUT2D eigenvalue weighted by molar-refractivity contribution is 5.85. The maximum absolute atomic E-state index is 11.6. The van der Waals surface area contributed by atoms with E-state index in [0.29, 0.717) is 23.4 Å². The van der Waals surface area contributed by atoms with Gasteiger partial charge in [-0.2, -0.15) is 0 Å². The van der Waals surface area contributed by atoms with Crippen LogP contribution in [0.1, 0.15) is 16.1 Å². The summed E-state index contributed by atoms with van der Waals surface area (Å²) in [5, 5.41) is 5.02. The lowest BCUT2D eigenvalue weighted by Crippen LogP contribution is -2.38. The van der Waals surface area contributed by atoms with Gasteiger partial charge >= 0.3 is 0 Å². The Kier molecular flexibility index (Phi) is 5.93. The van der Waals surface area contributed by atoms with E-state index in [9.17, 15) is 14.4 Å². The molecule has 2 amide bonds. The Morgan fingerprint density at radius 2 is 1.91 bits per heavy atom. The fraction of sp³-hybridized carbons (Fsp3) is 0.188. The van der Waals surface area contributed by atoms with Crippen LogP contribution in [0.5, 0.6) is 5.75 Å². The normalized spacial score (nSPS) is 9.91. The summed E-state index contributed by atoms with van der Waals surface area (Å²) in [4.78, 5) is 34.0. The molecule has 2 N–H and O–H groups in total. The SMILES string of the molecule is O=Cc1ccccc1OCC(=O)NCC(=O)NCc1ccco1. The van der Waals surface area contributed by atoms with Gasteiger partial charge in [-0.05, 0) is 24.3 Å². The molecular formula is C16H16N2O5. The number of nitrogens with one attached hydrogen (secondary N) is 2. The zero-order chi connectivity index (χ0) is 16.5. The van der Waals surface area contributed by atoms with Crippen molar-refractivity contribution in [1.29, 1.82) is 0 Å². The predicted molar refractivity (Wildman–Crippen MR) is 80.9 cm³/mol. The van der Waals surface area contributed by atoms with Gasteiger partial charge in [-0.3, -0.25) is 14.4 Å². The first kappa shape index (κ1) is 16.3. The van der Waals surface area contributed by atoms with E-state index in [4.69, 9.17) is 9.15 Å². The molecule has 0 saturated carbocycles. The fourth-order valence-electron chi connectivity index (χ4n) is 1.74. The average Bonchev–Trinajstić information content (AvgIpc) is 3.10. The average molecular weight is 316 g/mol. The molecule has 2 rings (SSSR count). The van der Waals surface area contributed by atoms with Crippen molar-refractivity contribution in [3.8, 4) is 5.75 Å². The number of para-hydroxylation sites is 1. The molecule has 120 valence electrons. The molecule has 7 heteroatoms. The summed E-state index contributed by atoms with van der Waals surface area (Å²) in [6.45, 7) is -0.195. The number of amides is 2. The Labute approximate surface area is 132 Å². The first-order chi connectivity index (χ1) is 11.2. The summed E-state index contributed by atoms with van der Waals surface area (Å²) >= 11 is 0. The summed E-state index contributed by atoms with van der Waals surface area (Å²) in [5.74, 6) is 0.139. The van der Waals surface area contributed by atoms with Crippen LogP contribution in [-0.4, -0.2) is 31.3 Å². The number of hydrogen-bond donors (Lipinski definition) is 2. The molecule has 0 saturated heterocycles. The third-order valence-corrected chi connectivity index (χ3v) is 2.89. The molecule has 0 unspecified atom stereocenters. The van der Waals surface area contributed by atoms with Crippen molar-refractivity contribution in [2.45, 2.75) is 6.54 Å². The van der Waals surface area contributed by atoms with Gasteiger partial charge in [0.1, 0.15) is 11.5 Å². The summed E-state index contributed by atoms with van der Waals surface area (Å²) in [7, 11) is 0. The molecule has 2 aromatic rings. The van der Waals surface area contributed by atoms with Crippen LogP contribution < -0.4 is 15.4 Å². The molecule has 0 aliphatic carbocycles. The minimum Gasteiger partial charge on any atom is -0.483 e. The molecule has 0 bridgehead atoms. The number of carbonyl (C=O) groups excluding carboxylic acids is 3. The maximum Gasteiger partial charge on any atom is 0.258 e. The predicted octanol–water partition coefficient (Wildman–Crippen LogP) is 0.903. The van der Waals surface area contributed by atoms with E-state index in [0.717, 1.165) is 0 Å². The Morgan fingerprint density at radius 3 is 2.65 bits per heavy atom. The number of furan rings is 1.